The minimum Gasteiger partial charge on any atom is -0.493 e. The standard InChI is InChI=1S/C26H21ClN2O6/c1-32-19-12-15(13-20(33-2)24(19)34-3)23(30)21-22(14-8-10-16(27)11-9-14)29-35-26(21)17-6-4-5-7-18(17)28-25(26)31/h4-13,21H,1-3H3,(H,28,31). The van der Waals surface area contributed by atoms with Gasteiger partial charge in [0.05, 0.1) is 21.3 Å². The number of ketones is 1. The molecule has 2 aliphatic heterocycles. The second kappa shape index (κ2) is 8.63. The minimum atomic E-state index is -1.68. The van der Waals surface area contributed by atoms with E-state index in [2.05, 4.69) is 10.5 Å². The fraction of sp³-hybridized carbons (Fsp3) is 0.192. The lowest BCUT2D eigenvalue weighted by atomic mass is 9.74. The predicted molar refractivity (Wildman–Crippen MR) is 130 cm³/mol. The predicted octanol–water partition coefficient (Wildman–Crippen LogP) is 4.45. The monoisotopic (exact) mass is 492 g/mol. The van der Waals surface area contributed by atoms with Crippen molar-refractivity contribution in [3.05, 3.63) is 82.4 Å². The summed E-state index contributed by atoms with van der Waals surface area (Å²) in [6.45, 7) is 0. The Balaban J connectivity index is 1.70. The second-order valence-corrected chi connectivity index (χ2v) is 8.46. The van der Waals surface area contributed by atoms with Gasteiger partial charge in [-0.15, -0.1) is 0 Å². The molecule has 1 spiro atoms. The van der Waals surface area contributed by atoms with Crippen LogP contribution in [0.15, 0.2) is 65.8 Å². The molecule has 0 saturated heterocycles. The van der Waals surface area contributed by atoms with Gasteiger partial charge in [0.25, 0.3) is 11.5 Å². The van der Waals surface area contributed by atoms with Crippen LogP contribution in [0.25, 0.3) is 0 Å². The van der Waals surface area contributed by atoms with Crippen molar-refractivity contribution in [1.29, 1.82) is 0 Å². The van der Waals surface area contributed by atoms with E-state index in [1.165, 1.54) is 21.3 Å². The van der Waals surface area contributed by atoms with E-state index in [-0.39, 0.29) is 5.56 Å². The molecule has 0 bridgehead atoms. The van der Waals surface area contributed by atoms with Gasteiger partial charge in [-0.05, 0) is 30.3 Å². The number of ether oxygens (including phenoxy) is 3. The lowest BCUT2D eigenvalue weighted by molar-refractivity contribution is -0.140. The topological polar surface area (TPSA) is 95.5 Å². The molecule has 3 aromatic rings. The second-order valence-electron chi connectivity index (χ2n) is 8.02. The molecule has 2 heterocycles. The summed E-state index contributed by atoms with van der Waals surface area (Å²) in [6.07, 6.45) is 0. The lowest BCUT2D eigenvalue weighted by Crippen LogP contribution is -2.46. The summed E-state index contributed by atoms with van der Waals surface area (Å²) in [7, 11) is 4.41. The zero-order chi connectivity index (χ0) is 24.7. The summed E-state index contributed by atoms with van der Waals surface area (Å²) in [5, 5.41) is 7.63. The molecule has 9 heteroatoms. The molecule has 0 radical (unpaired) electrons. The highest BCUT2D eigenvalue weighted by Crippen LogP contribution is 2.50. The maximum atomic E-state index is 14.2. The van der Waals surface area contributed by atoms with E-state index in [1.54, 1.807) is 60.7 Å². The highest BCUT2D eigenvalue weighted by Gasteiger charge is 2.63. The molecule has 2 unspecified atom stereocenters. The molecule has 178 valence electrons. The number of amides is 1. The molecule has 1 amide bonds. The summed E-state index contributed by atoms with van der Waals surface area (Å²) in [6, 6.07) is 17.0. The maximum absolute atomic E-state index is 14.2. The molecule has 2 aliphatic rings. The van der Waals surface area contributed by atoms with Gasteiger partial charge in [0.15, 0.2) is 17.3 Å². The van der Waals surface area contributed by atoms with Crippen LogP contribution < -0.4 is 19.5 Å². The summed E-state index contributed by atoms with van der Waals surface area (Å²) in [4.78, 5) is 33.5. The van der Waals surface area contributed by atoms with Gasteiger partial charge in [0, 0.05) is 27.4 Å². The Morgan fingerprint density at radius 2 is 1.66 bits per heavy atom. The Morgan fingerprint density at radius 3 is 2.29 bits per heavy atom. The van der Waals surface area contributed by atoms with Crippen LogP contribution in [0.4, 0.5) is 5.69 Å². The van der Waals surface area contributed by atoms with Crippen molar-refractivity contribution in [2.24, 2.45) is 11.1 Å². The van der Waals surface area contributed by atoms with Crippen LogP contribution in [0.5, 0.6) is 17.2 Å². The van der Waals surface area contributed by atoms with Gasteiger partial charge in [0.1, 0.15) is 11.6 Å². The molecule has 1 N–H and O–H groups in total. The minimum absolute atomic E-state index is 0.244. The first kappa shape index (κ1) is 22.7. The SMILES string of the molecule is COc1cc(C(=O)C2C(c3ccc(Cl)cc3)=NOC23C(=O)Nc2ccccc23)cc(OC)c1OC. The van der Waals surface area contributed by atoms with Gasteiger partial charge >= 0.3 is 0 Å². The van der Waals surface area contributed by atoms with Crippen molar-refractivity contribution in [3.63, 3.8) is 0 Å². The summed E-state index contributed by atoms with van der Waals surface area (Å²) >= 11 is 6.08. The van der Waals surface area contributed by atoms with E-state index in [1.807, 2.05) is 0 Å². The van der Waals surface area contributed by atoms with Gasteiger partial charge in [-0.3, -0.25) is 9.59 Å². The summed E-state index contributed by atoms with van der Waals surface area (Å²) in [5.41, 5.74) is 0.578. The fourth-order valence-electron chi connectivity index (χ4n) is 4.59. The van der Waals surface area contributed by atoms with Gasteiger partial charge in [-0.25, -0.2) is 0 Å². The Hall–Kier alpha value is -4.04. The first-order valence-electron chi connectivity index (χ1n) is 10.7. The summed E-state index contributed by atoms with van der Waals surface area (Å²) in [5.74, 6) is -1.01. The number of hydrogen-bond acceptors (Lipinski definition) is 7. The number of fused-ring (bicyclic) bond motifs is 2. The van der Waals surface area contributed by atoms with E-state index in [0.29, 0.717) is 44.8 Å². The van der Waals surface area contributed by atoms with E-state index in [4.69, 9.17) is 30.6 Å². The van der Waals surface area contributed by atoms with Crippen molar-refractivity contribution in [1.82, 2.24) is 0 Å². The van der Waals surface area contributed by atoms with E-state index >= 15 is 0 Å². The molecule has 35 heavy (non-hydrogen) atoms. The number of para-hydroxylation sites is 1. The largest absolute Gasteiger partial charge is 0.493 e. The molecule has 2 atom stereocenters. The molecule has 8 nitrogen and oxygen atoms in total. The quantitative estimate of drug-likeness (QED) is 0.511. The number of oxime groups is 1. The number of Topliss-reactive ketones (excluding diaryl/α,β-unsaturated/α-hetero) is 1. The van der Waals surface area contributed by atoms with Gasteiger partial charge in [0.2, 0.25) is 5.75 Å². The van der Waals surface area contributed by atoms with Crippen molar-refractivity contribution in [2.45, 2.75) is 5.60 Å². The number of carbonyl (C=O) groups is 2. The van der Waals surface area contributed by atoms with Crippen molar-refractivity contribution in [3.8, 4) is 17.2 Å². The molecule has 5 rings (SSSR count). The van der Waals surface area contributed by atoms with E-state index in [0.717, 1.165) is 0 Å². The molecule has 0 saturated carbocycles. The molecular weight excluding hydrogens is 472 g/mol. The smallest absolute Gasteiger partial charge is 0.277 e. The molecule has 0 fully saturated rings. The highest BCUT2D eigenvalue weighted by atomic mass is 35.5. The zero-order valence-electron chi connectivity index (χ0n) is 19.1. The normalized spacial score (nSPS) is 20.1. The molecule has 0 aromatic heterocycles. The number of methoxy groups -OCH3 is 3. The van der Waals surface area contributed by atoms with Crippen molar-refractivity contribution in [2.75, 3.05) is 26.6 Å². The van der Waals surface area contributed by atoms with E-state index in [9.17, 15) is 9.59 Å². The third-order valence-corrected chi connectivity index (χ3v) is 6.48. The Bertz CT molecular complexity index is 1350. The molecule has 3 aromatic carbocycles. The Kier molecular flexibility index (Phi) is 5.61. The van der Waals surface area contributed by atoms with Gasteiger partial charge in [-0.1, -0.05) is 47.1 Å². The first-order valence-corrected chi connectivity index (χ1v) is 11.1. The van der Waals surface area contributed by atoms with Crippen LogP contribution in [0.3, 0.4) is 0 Å². The number of nitrogens with zero attached hydrogens (tertiary/aromatic N) is 1. The maximum Gasteiger partial charge on any atom is 0.277 e. The van der Waals surface area contributed by atoms with Crippen molar-refractivity contribution < 1.29 is 28.6 Å². The van der Waals surface area contributed by atoms with Crippen LogP contribution in [0.1, 0.15) is 21.5 Å². The van der Waals surface area contributed by atoms with Crippen LogP contribution in [-0.2, 0) is 15.2 Å². The Morgan fingerprint density at radius 1 is 1.00 bits per heavy atom. The number of hydrogen-bond donors (Lipinski definition) is 1. The molecular formula is C26H21ClN2O6. The van der Waals surface area contributed by atoms with Crippen LogP contribution in [0, 0.1) is 5.92 Å². The van der Waals surface area contributed by atoms with Gasteiger partial charge in [-0.2, -0.15) is 0 Å². The van der Waals surface area contributed by atoms with Crippen LogP contribution in [-0.4, -0.2) is 38.7 Å². The van der Waals surface area contributed by atoms with Crippen molar-refractivity contribution >= 4 is 34.7 Å². The highest BCUT2D eigenvalue weighted by molar-refractivity contribution is 6.31. The first-order chi connectivity index (χ1) is 16.9. The lowest BCUT2D eigenvalue weighted by Gasteiger charge is -2.27. The average Bonchev–Trinajstić information content (AvgIpc) is 3.42. The zero-order valence-corrected chi connectivity index (χ0v) is 19.9. The van der Waals surface area contributed by atoms with E-state index < -0.39 is 23.2 Å². The number of nitrogens with one attached hydrogen (secondary N) is 1. The fourth-order valence-corrected chi connectivity index (χ4v) is 4.71. The number of carbonyl (C=O) groups excluding carboxylic acids is 2. The third-order valence-electron chi connectivity index (χ3n) is 6.23. The number of anilines is 1. The van der Waals surface area contributed by atoms with Crippen LogP contribution >= 0.6 is 11.6 Å². The average molecular weight is 493 g/mol. The number of rotatable bonds is 6. The van der Waals surface area contributed by atoms with Crippen LogP contribution in [0.2, 0.25) is 5.02 Å². The number of halogens is 1. The summed E-state index contributed by atoms with van der Waals surface area (Å²) < 4.78 is 16.3. The Labute approximate surface area is 206 Å². The molecule has 0 aliphatic carbocycles. The number of benzene rings is 3. The third kappa shape index (κ3) is 3.40. The van der Waals surface area contributed by atoms with Gasteiger partial charge < -0.3 is 24.4 Å².